The van der Waals surface area contributed by atoms with Crippen molar-refractivity contribution in [3.8, 4) is 0 Å². The van der Waals surface area contributed by atoms with Crippen molar-refractivity contribution in [2.45, 2.75) is 27.7 Å². The zero-order chi connectivity index (χ0) is 15.1. The highest BCUT2D eigenvalue weighted by Gasteiger charge is 2.68. The maximum Gasteiger partial charge on any atom is 0.228 e. The minimum Gasteiger partial charge on any atom is -0.409 e. The van der Waals surface area contributed by atoms with Crippen LogP contribution in [0.25, 0.3) is 0 Å². The first kappa shape index (κ1) is 14.4. The fourth-order valence-electron chi connectivity index (χ4n) is 2.88. The molecule has 0 saturated heterocycles. The van der Waals surface area contributed by atoms with Gasteiger partial charge >= 0.3 is 0 Å². The highest BCUT2D eigenvalue weighted by atomic mass is 16.4. The molecule has 1 saturated carbocycles. The summed E-state index contributed by atoms with van der Waals surface area (Å²) in [7, 11) is 0. The summed E-state index contributed by atoms with van der Waals surface area (Å²) in [5.41, 5.74) is 6.76. The summed E-state index contributed by atoms with van der Waals surface area (Å²) in [6.45, 7) is 8.41. The molecule has 0 heterocycles. The molecule has 1 aliphatic rings. The van der Waals surface area contributed by atoms with E-state index in [0.29, 0.717) is 11.3 Å². The Morgan fingerprint density at radius 3 is 2.40 bits per heavy atom. The molecular formula is C15H21N3O2. The molecule has 0 spiro atoms. The number of amides is 1. The van der Waals surface area contributed by atoms with Crippen LogP contribution in [0.3, 0.4) is 0 Å². The number of benzene rings is 1. The maximum atomic E-state index is 12.3. The van der Waals surface area contributed by atoms with E-state index in [2.05, 4.69) is 38.2 Å². The van der Waals surface area contributed by atoms with Crippen LogP contribution in [0.5, 0.6) is 0 Å². The molecule has 0 atom stereocenters. The molecule has 1 fully saturated rings. The molecule has 5 nitrogen and oxygen atoms in total. The number of hydrogen-bond acceptors (Lipinski definition) is 3. The van der Waals surface area contributed by atoms with Crippen LogP contribution in [0, 0.1) is 16.7 Å². The molecule has 2 rings (SSSR count). The second kappa shape index (κ2) is 4.51. The highest BCUT2D eigenvalue weighted by molar-refractivity contribution is 6.00. The number of nitrogens with two attached hydrogens (primary N) is 1. The maximum absolute atomic E-state index is 12.3. The van der Waals surface area contributed by atoms with E-state index in [9.17, 15) is 4.79 Å². The molecule has 1 amide bonds. The smallest absolute Gasteiger partial charge is 0.228 e. The Labute approximate surface area is 118 Å². The lowest BCUT2D eigenvalue weighted by atomic mass is 10.0. The average Bonchev–Trinajstić information content (AvgIpc) is 2.79. The summed E-state index contributed by atoms with van der Waals surface area (Å²) in [5.74, 6) is 0.0207. The van der Waals surface area contributed by atoms with Gasteiger partial charge in [-0.2, -0.15) is 0 Å². The predicted molar refractivity (Wildman–Crippen MR) is 78.6 cm³/mol. The van der Waals surface area contributed by atoms with Gasteiger partial charge in [0, 0.05) is 17.2 Å². The summed E-state index contributed by atoms with van der Waals surface area (Å²) in [6.07, 6.45) is 0. The second-order valence-corrected chi connectivity index (χ2v) is 6.43. The van der Waals surface area contributed by atoms with Gasteiger partial charge in [-0.1, -0.05) is 45.0 Å². The minimum absolute atomic E-state index is 0.000276. The molecule has 108 valence electrons. The molecule has 4 N–H and O–H groups in total. The van der Waals surface area contributed by atoms with Crippen LogP contribution >= 0.6 is 0 Å². The quantitative estimate of drug-likeness (QED) is 0.342. The van der Waals surface area contributed by atoms with Crippen molar-refractivity contribution in [1.82, 2.24) is 0 Å². The third kappa shape index (κ3) is 2.13. The fraction of sp³-hybridized carbons (Fsp3) is 0.467. The monoisotopic (exact) mass is 275 g/mol. The van der Waals surface area contributed by atoms with Crippen LogP contribution in [0.4, 0.5) is 5.69 Å². The van der Waals surface area contributed by atoms with Crippen LogP contribution < -0.4 is 11.1 Å². The van der Waals surface area contributed by atoms with E-state index in [1.165, 1.54) is 0 Å². The van der Waals surface area contributed by atoms with Gasteiger partial charge in [0.15, 0.2) is 5.84 Å². The van der Waals surface area contributed by atoms with Crippen molar-refractivity contribution in [1.29, 1.82) is 0 Å². The first-order valence-electron chi connectivity index (χ1n) is 6.60. The molecule has 20 heavy (non-hydrogen) atoms. The zero-order valence-corrected chi connectivity index (χ0v) is 12.3. The van der Waals surface area contributed by atoms with E-state index < -0.39 is 0 Å². The average molecular weight is 275 g/mol. The van der Waals surface area contributed by atoms with Crippen molar-refractivity contribution in [3.05, 3.63) is 29.8 Å². The molecule has 0 aromatic heterocycles. The van der Waals surface area contributed by atoms with E-state index in [0.717, 1.165) is 0 Å². The Morgan fingerprint density at radius 1 is 1.30 bits per heavy atom. The van der Waals surface area contributed by atoms with Gasteiger partial charge in [0.1, 0.15) is 0 Å². The number of nitrogens with zero attached hydrogens (tertiary/aromatic N) is 1. The van der Waals surface area contributed by atoms with E-state index >= 15 is 0 Å². The number of anilines is 1. The Morgan fingerprint density at radius 2 is 1.90 bits per heavy atom. The molecule has 1 aromatic carbocycles. The number of carbonyl (C=O) groups is 1. The van der Waals surface area contributed by atoms with Crippen LogP contribution in [0.1, 0.15) is 33.3 Å². The van der Waals surface area contributed by atoms with E-state index in [1.54, 1.807) is 24.3 Å². The van der Waals surface area contributed by atoms with E-state index in [-0.39, 0.29) is 28.5 Å². The van der Waals surface area contributed by atoms with E-state index in [1.807, 2.05) is 0 Å². The summed E-state index contributed by atoms with van der Waals surface area (Å²) in [4.78, 5) is 12.3. The zero-order valence-electron chi connectivity index (χ0n) is 12.3. The third-order valence-corrected chi connectivity index (χ3v) is 4.82. The van der Waals surface area contributed by atoms with Crippen LogP contribution in [-0.2, 0) is 4.79 Å². The SMILES string of the molecule is CC1(C)C(C(=O)Nc2cccc(C(N)=NO)c2)C1(C)C. The normalized spacial score (nSPS) is 20.5. The number of hydrogen-bond donors (Lipinski definition) is 3. The predicted octanol–water partition coefficient (Wildman–Crippen LogP) is 2.40. The summed E-state index contributed by atoms with van der Waals surface area (Å²) < 4.78 is 0. The molecule has 0 unspecified atom stereocenters. The van der Waals surface area contributed by atoms with Gasteiger partial charge < -0.3 is 16.3 Å². The summed E-state index contributed by atoms with van der Waals surface area (Å²) in [6, 6.07) is 6.95. The molecule has 0 radical (unpaired) electrons. The van der Waals surface area contributed by atoms with Gasteiger partial charge in [-0.3, -0.25) is 4.79 Å². The van der Waals surface area contributed by atoms with Crippen LogP contribution in [0.2, 0.25) is 0 Å². The lowest BCUT2D eigenvalue weighted by Crippen LogP contribution is -2.18. The summed E-state index contributed by atoms with van der Waals surface area (Å²) in [5, 5.41) is 14.5. The largest absolute Gasteiger partial charge is 0.409 e. The molecule has 5 heteroatoms. The van der Waals surface area contributed by atoms with Gasteiger partial charge in [0.25, 0.3) is 0 Å². The van der Waals surface area contributed by atoms with Crippen LogP contribution in [-0.4, -0.2) is 17.0 Å². The van der Waals surface area contributed by atoms with Crippen molar-refractivity contribution in [2.75, 3.05) is 5.32 Å². The van der Waals surface area contributed by atoms with Crippen molar-refractivity contribution >= 4 is 17.4 Å². The Bertz CT molecular complexity index is 562. The Balaban J connectivity index is 2.14. The second-order valence-electron chi connectivity index (χ2n) is 6.43. The number of amidine groups is 1. The Kier molecular flexibility index (Phi) is 3.24. The standard InChI is InChI=1S/C15H21N3O2/c1-14(2)11(15(14,3)4)13(19)17-10-7-5-6-9(8-10)12(16)18-20/h5-8,11,20H,1-4H3,(H2,16,18)(H,17,19). The van der Waals surface area contributed by atoms with Gasteiger partial charge in [-0.15, -0.1) is 0 Å². The molecular weight excluding hydrogens is 254 g/mol. The van der Waals surface area contributed by atoms with Crippen molar-refractivity contribution in [2.24, 2.45) is 27.6 Å². The molecule has 1 aromatic rings. The van der Waals surface area contributed by atoms with Crippen LogP contribution in [0.15, 0.2) is 29.4 Å². The van der Waals surface area contributed by atoms with Crippen molar-refractivity contribution < 1.29 is 10.0 Å². The lowest BCUT2D eigenvalue weighted by Gasteiger charge is -2.08. The number of rotatable bonds is 3. The summed E-state index contributed by atoms with van der Waals surface area (Å²) >= 11 is 0. The van der Waals surface area contributed by atoms with Gasteiger partial charge in [-0.25, -0.2) is 0 Å². The highest BCUT2D eigenvalue weighted by Crippen LogP contribution is 2.68. The first-order valence-corrected chi connectivity index (χ1v) is 6.60. The van der Waals surface area contributed by atoms with Gasteiger partial charge in [0.05, 0.1) is 0 Å². The number of oxime groups is 1. The van der Waals surface area contributed by atoms with Gasteiger partial charge in [-0.05, 0) is 23.0 Å². The molecule has 0 bridgehead atoms. The van der Waals surface area contributed by atoms with Gasteiger partial charge in [0.2, 0.25) is 5.91 Å². The first-order chi connectivity index (χ1) is 9.21. The van der Waals surface area contributed by atoms with E-state index in [4.69, 9.17) is 10.9 Å². The fourth-order valence-corrected chi connectivity index (χ4v) is 2.88. The Hall–Kier alpha value is -2.04. The lowest BCUT2D eigenvalue weighted by molar-refractivity contribution is -0.118. The molecule has 0 aliphatic heterocycles. The van der Waals surface area contributed by atoms with Crippen molar-refractivity contribution in [3.63, 3.8) is 0 Å². The number of nitrogens with one attached hydrogen (secondary N) is 1. The third-order valence-electron chi connectivity index (χ3n) is 4.82. The number of carbonyl (C=O) groups excluding carboxylic acids is 1. The minimum atomic E-state index is -0.0116. The topological polar surface area (TPSA) is 87.7 Å². The molecule has 1 aliphatic carbocycles.